The summed E-state index contributed by atoms with van der Waals surface area (Å²) in [5, 5.41) is 8.48. The van der Waals surface area contributed by atoms with Gasteiger partial charge in [-0.3, -0.25) is 14.2 Å². The fourth-order valence-corrected chi connectivity index (χ4v) is 3.39. The molecule has 0 atom stereocenters. The van der Waals surface area contributed by atoms with E-state index in [1.165, 1.54) is 7.05 Å². The number of carbonyl (C=O) groups excluding carboxylic acids is 1. The number of rotatable bonds is 7. The fourth-order valence-electron chi connectivity index (χ4n) is 3.27. The van der Waals surface area contributed by atoms with Crippen LogP contribution in [0.25, 0.3) is 17.2 Å². The van der Waals surface area contributed by atoms with Crippen LogP contribution in [0.5, 0.6) is 0 Å². The first-order valence-corrected chi connectivity index (χ1v) is 10.8. The molecule has 4 aromatic rings. The smallest absolute Gasteiger partial charge is 0.341 e. The summed E-state index contributed by atoms with van der Waals surface area (Å²) in [5.41, 5.74) is -0.00850. The maximum atomic E-state index is 12.6. The van der Waals surface area contributed by atoms with E-state index in [0.29, 0.717) is 17.3 Å². The maximum absolute atomic E-state index is 12.6. The molecule has 2 heterocycles. The summed E-state index contributed by atoms with van der Waals surface area (Å²) in [7, 11) is 3.06. The fraction of sp³-hybridized carbons (Fsp3) is 0.217. The molecule has 34 heavy (non-hydrogen) atoms. The molecule has 0 spiro atoms. The highest BCUT2D eigenvalue weighted by molar-refractivity contribution is 6.30. The largest absolute Gasteiger partial charge is 0.351 e. The molecule has 11 heteroatoms. The lowest BCUT2D eigenvalue weighted by Gasteiger charge is -2.16. The second-order valence-electron chi connectivity index (χ2n) is 7.63. The molecule has 2 aromatic carbocycles. The minimum absolute atomic E-state index is 0.0663. The molecule has 10 nitrogen and oxygen atoms in total. The molecule has 0 fully saturated rings. The Balaban J connectivity index is 1.51. The van der Waals surface area contributed by atoms with E-state index in [0.717, 1.165) is 14.8 Å². The van der Waals surface area contributed by atoms with Crippen molar-refractivity contribution in [1.29, 1.82) is 0 Å². The monoisotopic (exact) mass is 480 g/mol. The van der Waals surface area contributed by atoms with Crippen LogP contribution in [0.1, 0.15) is 17.9 Å². The standard InChI is InChI=1S/C23H21ClN6O4/c1-28(14-15-6-4-3-5-7-15)19(31)13-12-18-25-21(27-34-18)20-22(32)29(2)23(33)30(26-20)17-10-8-16(24)9-11-17/h3-11H,12-14H2,1-2H3. The van der Waals surface area contributed by atoms with Crippen molar-refractivity contribution in [3.63, 3.8) is 0 Å². The average Bonchev–Trinajstić information content (AvgIpc) is 3.31. The number of halogens is 1. The van der Waals surface area contributed by atoms with E-state index in [-0.39, 0.29) is 36.2 Å². The van der Waals surface area contributed by atoms with Gasteiger partial charge in [-0.1, -0.05) is 47.1 Å². The van der Waals surface area contributed by atoms with E-state index in [1.807, 2.05) is 30.3 Å². The van der Waals surface area contributed by atoms with Crippen LogP contribution < -0.4 is 11.2 Å². The zero-order valence-electron chi connectivity index (χ0n) is 18.5. The Hall–Kier alpha value is -4.05. The summed E-state index contributed by atoms with van der Waals surface area (Å²) in [5.74, 6) is 0.0295. The Kier molecular flexibility index (Phi) is 6.69. The van der Waals surface area contributed by atoms with E-state index in [4.69, 9.17) is 16.1 Å². The van der Waals surface area contributed by atoms with Crippen molar-refractivity contribution >= 4 is 17.5 Å². The third kappa shape index (κ3) is 4.96. The normalized spacial score (nSPS) is 10.9. The van der Waals surface area contributed by atoms with E-state index in [1.54, 1.807) is 36.2 Å². The van der Waals surface area contributed by atoms with Gasteiger partial charge in [0.05, 0.1) is 5.69 Å². The average molecular weight is 481 g/mol. The van der Waals surface area contributed by atoms with Gasteiger partial charge in [0.2, 0.25) is 17.6 Å². The van der Waals surface area contributed by atoms with Gasteiger partial charge in [-0.2, -0.15) is 14.8 Å². The molecule has 0 unspecified atom stereocenters. The minimum atomic E-state index is -0.666. The molecular formula is C23H21ClN6O4. The van der Waals surface area contributed by atoms with Crippen LogP contribution >= 0.6 is 11.6 Å². The lowest BCUT2D eigenvalue weighted by atomic mass is 10.2. The predicted molar refractivity (Wildman–Crippen MR) is 125 cm³/mol. The van der Waals surface area contributed by atoms with Crippen LogP contribution in [0.2, 0.25) is 5.02 Å². The molecule has 0 bridgehead atoms. The Morgan fingerprint density at radius 1 is 1.09 bits per heavy atom. The topological polar surface area (TPSA) is 116 Å². The number of amides is 1. The van der Waals surface area contributed by atoms with Crippen LogP contribution in [0.3, 0.4) is 0 Å². The SMILES string of the molecule is CN(Cc1ccccc1)C(=O)CCc1nc(-c2nn(-c3ccc(Cl)cc3)c(=O)n(C)c2=O)no1. The van der Waals surface area contributed by atoms with Gasteiger partial charge in [-0.15, -0.1) is 0 Å². The lowest BCUT2D eigenvalue weighted by Crippen LogP contribution is -2.40. The molecule has 0 N–H and O–H groups in total. The zero-order chi connectivity index (χ0) is 24.2. The van der Waals surface area contributed by atoms with Crippen LogP contribution in [-0.4, -0.2) is 42.3 Å². The van der Waals surface area contributed by atoms with Gasteiger partial charge in [0.1, 0.15) is 0 Å². The number of hydrogen-bond donors (Lipinski definition) is 0. The van der Waals surface area contributed by atoms with Crippen LogP contribution in [-0.2, 0) is 24.8 Å². The number of nitrogens with zero attached hydrogens (tertiary/aromatic N) is 6. The molecule has 0 radical (unpaired) electrons. The number of carbonyl (C=O) groups is 1. The Bertz CT molecular complexity index is 1430. The van der Waals surface area contributed by atoms with Crippen molar-refractivity contribution < 1.29 is 9.32 Å². The molecular weight excluding hydrogens is 460 g/mol. The van der Waals surface area contributed by atoms with E-state index in [2.05, 4.69) is 15.2 Å². The molecule has 0 aliphatic rings. The Morgan fingerprint density at radius 3 is 2.50 bits per heavy atom. The summed E-state index contributed by atoms with van der Waals surface area (Å²) in [6, 6.07) is 16.1. The lowest BCUT2D eigenvalue weighted by molar-refractivity contribution is -0.130. The van der Waals surface area contributed by atoms with E-state index in [9.17, 15) is 14.4 Å². The van der Waals surface area contributed by atoms with Gasteiger partial charge in [0, 0.05) is 38.5 Å². The number of hydrogen-bond acceptors (Lipinski definition) is 7. The van der Waals surface area contributed by atoms with Gasteiger partial charge < -0.3 is 9.42 Å². The Labute approximate surface area is 199 Å². The van der Waals surface area contributed by atoms with Crippen molar-refractivity contribution in [2.24, 2.45) is 7.05 Å². The van der Waals surface area contributed by atoms with Crippen molar-refractivity contribution in [2.45, 2.75) is 19.4 Å². The van der Waals surface area contributed by atoms with Crippen molar-refractivity contribution in [3.05, 3.63) is 91.9 Å². The summed E-state index contributed by atoms with van der Waals surface area (Å²) >= 11 is 5.91. The van der Waals surface area contributed by atoms with Gasteiger partial charge in [-0.05, 0) is 29.8 Å². The van der Waals surface area contributed by atoms with Crippen LogP contribution in [0.4, 0.5) is 0 Å². The molecule has 0 aliphatic heterocycles. The molecule has 2 aromatic heterocycles. The molecule has 0 aliphatic carbocycles. The molecule has 0 saturated heterocycles. The highest BCUT2D eigenvalue weighted by Crippen LogP contribution is 2.14. The van der Waals surface area contributed by atoms with Crippen LogP contribution in [0, 0.1) is 0 Å². The van der Waals surface area contributed by atoms with Gasteiger partial charge >= 0.3 is 5.69 Å². The first-order valence-electron chi connectivity index (χ1n) is 10.4. The maximum Gasteiger partial charge on any atom is 0.351 e. The zero-order valence-corrected chi connectivity index (χ0v) is 19.3. The Morgan fingerprint density at radius 2 is 1.79 bits per heavy atom. The van der Waals surface area contributed by atoms with E-state index >= 15 is 0 Å². The number of benzene rings is 2. The summed E-state index contributed by atoms with van der Waals surface area (Å²) in [6.07, 6.45) is 0.350. The first-order chi connectivity index (χ1) is 16.3. The summed E-state index contributed by atoms with van der Waals surface area (Å²) in [4.78, 5) is 43.5. The third-order valence-electron chi connectivity index (χ3n) is 5.17. The van der Waals surface area contributed by atoms with Crippen molar-refractivity contribution in [1.82, 2.24) is 29.4 Å². The van der Waals surface area contributed by atoms with Gasteiger partial charge in [0.15, 0.2) is 5.69 Å². The summed E-state index contributed by atoms with van der Waals surface area (Å²) < 4.78 is 7.20. The quantitative estimate of drug-likeness (QED) is 0.398. The molecule has 0 saturated carbocycles. The second-order valence-corrected chi connectivity index (χ2v) is 8.07. The van der Waals surface area contributed by atoms with Crippen LogP contribution in [0.15, 0.2) is 68.7 Å². The minimum Gasteiger partial charge on any atom is -0.341 e. The second kappa shape index (κ2) is 9.84. The third-order valence-corrected chi connectivity index (χ3v) is 5.42. The van der Waals surface area contributed by atoms with Gasteiger partial charge in [0.25, 0.3) is 5.56 Å². The highest BCUT2D eigenvalue weighted by Gasteiger charge is 2.20. The predicted octanol–water partition coefficient (Wildman–Crippen LogP) is 2.23. The molecule has 4 rings (SSSR count). The summed E-state index contributed by atoms with van der Waals surface area (Å²) in [6.45, 7) is 0.487. The van der Waals surface area contributed by atoms with Crippen molar-refractivity contribution in [3.8, 4) is 17.2 Å². The molecule has 1 amide bonds. The van der Waals surface area contributed by atoms with Gasteiger partial charge in [-0.25, -0.2) is 4.79 Å². The van der Waals surface area contributed by atoms with Crippen molar-refractivity contribution in [2.75, 3.05) is 7.05 Å². The number of aromatic nitrogens is 5. The highest BCUT2D eigenvalue weighted by atomic mass is 35.5. The molecule has 174 valence electrons. The first kappa shape index (κ1) is 23.1. The number of aryl methyl sites for hydroxylation is 1. The van der Waals surface area contributed by atoms with E-state index < -0.39 is 11.2 Å².